The molecule has 0 bridgehead atoms. The number of amides is 1. The van der Waals surface area contributed by atoms with Gasteiger partial charge in [-0.05, 0) is 45.4 Å². The molecular weight excluding hydrogens is 228 g/mol. The molecule has 3 N–H and O–H groups in total. The van der Waals surface area contributed by atoms with Gasteiger partial charge in [0, 0.05) is 12.1 Å². The summed E-state index contributed by atoms with van der Waals surface area (Å²) >= 11 is 0. The van der Waals surface area contributed by atoms with Crippen molar-refractivity contribution in [3.63, 3.8) is 0 Å². The minimum Gasteiger partial charge on any atom is -0.481 e. The molecule has 0 saturated heterocycles. The Bertz CT molecular complexity index is 411. The fraction of sp³-hybridized carbons (Fsp3) is 0.500. The van der Waals surface area contributed by atoms with Crippen LogP contribution in [0.1, 0.15) is 33.3 Å². The third-order valence-corrected chi connectivity index (χ3v) is 2.31. The molecule has 0 spiro atoms. The highest BCUT2D eigenvalue weighted by Crippen LogP contribution is 2.15. The number of carbonyl (C=O) groups is 1. The van der Waals surface area contributed by atoms with Crippen LogP contribution in [-0.2, 0) is 11.3 Å². The maximum absolute atomic E-state index is 11.9. The molecule has 1 amide bonds. The largest absolute Gasteiger partial charge is 0.481 e. The Hall–Kier alpha value is -1.55. The van der Waals surface area contributed by atoms with E-state index < -0.39 is 6.10 Å². The average Bonchev–Trinajstić information content (AvgIpc) is 2.27. The van der Waals surface area contributed by atoms with Gasteiger partial charge in [0.2, 0.25) is 0 Å². The summed E-state index contributed by atoms with van der Waals surface area (Å²) in [5, 5.41) is 2.88. The second-order valence-electron chi connectivity index (χ2n) is 5.35. The van der Waals surface area contributed by atoms with Crippen molar-refractivity contribution in [1.29, 1.82) is 0 Å². The molecule has 1 atom stereocenters. The number of nitrogens with two attached hydrogens (primary N) is 1. The number of ether oxygens (including phenoxy) is 1. The molecular formula is C14H22N2O2. The third kappa shape index (κ3) is 4.75. The maximum atomic E-state index is 11.9. The smallest absolute Gasteiger partial charge is 0.261 e. The van der Waals surface area contributed by atoms with Crippen LogP contribution in [0.15, 0.2) is 24.3 Å². The maximum Gasteiger partial charge on any atom is 0.261 e. The number of rotatable bonds is 4. The van der Waals surface area contributed by atoms with Crippen molar-refractivity contribution in [3.05, 3.63) is 29.8 Å². The number of hydrogen-bond donors (Lipinski definition) is 2. The molecule has 0 aliphatic carbocycles. The quantitative estimate of drug-likeness (QED) is 0.856. The molecule has 100 valence electrons. The van der Waals surface area contributed by atoms with Crippen molar-refractivity contribution >= 4 is 5.91 Å². The SMILES string of the molecule is CC(Oc1cccc(CN)c1)C(=O)NC(C)(C)C. The molecule has 4 nitrogen and oxygen atoms in total. The van der Waals surface area contributed by atoms with Crippen molar-refractivity contribution in [1.82, 2.24) is 5.32 Å². The van der Waals surface area contributed by atoms with E-state index >= 15 is 0 Å². The van der Waals surface area contributed by atoms with Crippen molar-refractivity contribution in [2.45, 2.75) is 45.9 Å². The van der Waals surface area contributed by atoms with Gasteiger partial charge in [-0.15, -0.1) is 0 Å². The summed E-state index contributed by atoms with van der Waals surface area (Å²) in [4.78, 5) is 11.9. The molecule has 1 unspecified atom stereocenters. The molecule has 0 aliphatic rings. The fourth-order valence-electron chi connectivity index (χ4n) is 1.47. The van der Waals surface area contributed by atoms with Crippen LogP contribution in [0.25, 0.3) is 0 Å². The van der Waals surface area contributed by atoms with E-state index in [9.17, 15) is 4.79 Å². The van der Waals surface area contributed by atoms with Gasteiger partial charge >= 0.3 is 0 Å². The fourth-order valence-corrected chi connectivity index (χ4v) is 1.47. The molecule has 0 heterocycles. The number of benzene rings is 1. The first-order valence-electron chi connectivity index (χ1n) is 6.09. The lowest BCUT2D eigenvalue weighted by Crippen LogP contribution is -2.46. The van der Waals surface area contributed by atoms with Crippen LogP contribution in [0.3, 0.4) is 0 Å². The monoisotopic (exact) mass is 250 g/mol. The summed E-state index contributed by atoms with van der Waals surface area (Å²) in [6.07, 6.45) is -0.530. The molecule has 0 saturated carbocycles. The van der Waals surface area contributed by atoms with Crippen LogP contribution in [0.2, 0.25) is 0 Å². The topological polar surface area (TPSA) is 64.3 Å². The second kappa shape index (κ2) is 5.87. The lowest BCUT2D eigenvalue weighted by molar-refractivity contribution is -0.128. The van der Waals surface area contributed by atoms with Crippen molar-refractivity contribution in [3.8, 4) is 5.75 Å². The highest BCUT2D eigenvalue weighted by Gasteiger charge is 2.20. The zero-order valence-corrected chi connectivity index (χ0v) is 11.5. The number of carbonyl (C=O) groups excluding carboxylic acids is 1. The van der Waals surface area contributed by atoms with Gasteiger partial charge in [0.1, 0.15) is 5.75 Å². The van der Waals surface area contributed by atoms with Crippen LogP contribution < -0.4 is 15.8 Å². The Morgan fingerprint density at radius 2 is 2.11 bits per heavy atom. The normalized spacial score (nSPS) is 12.9. The zero-order valence-electron chi connectivity index (χ0n) is 11.5. The Morgan fingerprint density at radius 3 is 2.67 bits per heavy atom. The van der Waals surface area contributed by atoms with E-state index in [4.69, 9.17) is 10.5 Å². The minimum atomic E-state index is -0.530. The first-order valence-corrected chi connectivity index (χ1v) is 6.09. The average molecular weight is 250 g/mol. The zero-order chi connectivity index (χ0) is 13.8. The summed E-state index contributed by atoms with van der Waals surface area (Å²) in [6, 6.07) is 7.46. The number of hydrogen-bond acceptors (Lipinski definition) is 3. The molecule has 0 aromatic heterocycles. The van der Waals surface area contributed by atoms with E-state index in [0.29, 0.717) is 12.3 Å². The van der Waals surface area contributed by atoms with Crippen LogP contribution in [0.4, 0.5) is 0 Å². The molecule has 1 aromatic rings. The summed E-state index contributed by atoms with van der Waals surface area (Å²) in [5.41, 5.74) is 6.28. The molecule has 1 rings (SSSR count). The van der Waals surface area contributed by atoms with Gasteiger partial charge in [-0.25, -0.2) is 0 Å². The van der Waals surface area contributed by atoms with Crippen molar-refractivity contribution < 1.29 is 9.53 Å². The van der Waals surface area contributed by atoms with E-state index in [2.05, 4.69) is 5.32 Å². The minimum absolute atomic E-state index is 0.124. The van der Waals surface area contributed by atoms with E-state index in [1.165, 1.54) is 0 Å². The van der Waals surface area contributed by atoms with Gasteiger partial charge in [-0.3, -0.25) is 4.79 Å². The summed E-state index contributed by atoms with van der Waals surface area (Å²) in [7, 11) is 0. The lowest BCUT2D eigenvalue weighted by Gasteiger charge is -2.23. The van der Waals surface area contributed by atoms with Gasteiger partial charge in [0.15, 0.2) is 6.10 Å². The van der Waals surface area contributed by atoms with E-state index in [-0.39, 0.29) is 11.4 Å². The van der Waals surface area contributed by atoms with Crippen LogP contribution >= 0.6 is 0 Å². The first-order chi connectivity index (χ1) is 8.31. The Balaban J connectivity index is 2.63. The molecule has 18 heavy (non-hydrogen) atoms. The van der Waals surface area contributed by atoms with Gasteiger partial charge < -0.3 is 15.8 Å². The second-order valence-corrected chi connectivity index (χ2v) is 5.35. The van der Waals surface area contributed by atoms with Crippen molar-refractivity contribution in [2.24, 2.45) is 5.73 Å². The highest BCUT2D eigenvalue weighted by molar-refractivity contribution is 5.81. The van der Waals surface area contributed by atoms with Gasteiger partial charge in [-0.1, -0.05) is 12.1 Å². The van der Waals surface area contributed by atoms with Crippen LogP contribution in [0, 0.1) is 0 Å². The number of nitrogens with one attached hydrogen (secondary N) is 1. The summed E-state index contributed by atoms with van der Waals surface area (Å²) in [6.45, 7) is 8.00. The molecule has 0 aliphatic heterocycles. The van der Waals surface area contributed by atoms with E-state index in [1.807, 2.05) is 45.0 Å². The molecule has 4 heteroatoms. The van der Waals surface area contributed by atoms with Gasteiger partial charge in [-0.2, -0.15) is 0 Å². The van der Waals surface area contributed by atoms with E-state index in [1.54, 1.807) is 6.92 Å². The lowest BCUT2D eigenvalue weighted by atomic mass is 10.1. The third-order valence-electron chi connectivity index (χ3n) is 2.31. The van der Waals surface area contributed by atoms with Gasteiger partial charge in [0.25, 0.3) is 5.91 Å². The van der Waals surface area contributed by atoms with E-state index in [0.717, 1.165) is 5.56 Å². The van der Waals surface area contributed by atoms with Crippen molar-refractivity contribution in [2.75, 3.05) is 0 Å². The van der Waals surface area contributed by atoms with Gasteiger partial charge in [0.05, 0.1) is 0 Å². The Morgan fingerprint density at radius 1 is 1.44 bits per heavy atom. The Kier molecular flexibility index (Phi) is 4.73. The first kappa shape index (κ1) is 14.5. The molecule has 0 radical (unpaired) electrons. The van der Waals surface area contributed by atoms with Crippen LogP contribution in [0.5, 0.6) is 5.75 Å². The molecule has 1 aromatic carbocycles. The summed E-state index contributed by atoms with van der Waals surface area (Å²) < 4.78 is 5.60. The highest BCUT2D eigenvalue weighted by atomic mass is 16.5. The molecule has 0 fully saturated rings. The standard InChI is InChI=1S/C14H22N2O2/c1-10(13(17)16-14(2,3)4)18-12-7-5-6-11(8-12)9-15/h5-8,10H,9,15H2,1-4H3,(H,16,17). The van der Waals surface area contributed by atoms with Crippen LogP contribution in [-0.4, -0.2) is 17.6 Å². The predicted octanol–water partition coefficient (Wildman–Crippen LogP) is 1.83. The summed E-state index contributed by atoms with van der Waals surface area (Å²) in [5.74, 6) is 0.537. The predicted molar refractivity (Wildman–Crippen MR) is 72.3 cm³/mol. The Labute approximate surface area is 109 Å².